The van der Waals surface area contributed by atoms with E-state index in [1.807, 2.05) is 6.07 Å². The molecule has 3 aromatic heterocycles. The van der Waals surface area contributed by atoms with Crippen LogP contribution in [0.5, 0.6) is 11.6 Å². The van der Waals surface area contributed by atoms with Crippen LogP contribution in [0, 0.1) is 5.82 Å². The van der Waals surface area contributed by atoms with Crippen LogP contribution < -0.4 is 15.2 Å². The Balaban J connectivity index is 1.33. The molecule has 38 heavy (non-hydrogen) atoms. The second-order valence-corrected chi connectivity index (χ2v) is 10.4. The lowest BCUT2D eigenvalue weighted by atomic mass is 10.0. The molecule has 0 aliphatic carbocycles. The summed E-state index contributed by atoms with van der Waals surface area (Å²) in [7, 11) is 1.75. The summed E-state index contributed by atoms with van der Waals surface area (Å²) in [5, 5.41) is 0.660. The highest BCUT2D eigenvalue weighted by Gasteiger charge is 2.29. The van der Waals surface area contributed by atoms with Gasteiger partial charge in [0.2, 0.25) is 5.88 Å². The maximum Gasteiger partial charge on any atom is 0.329 e. The van der Waals surface area contributed by atoms with Gasteiger partial charge in [-0.3, -0.25) is 14.1 Å². The molecule has 4 aromatic rings. The number of halogens is 1. The van der Waals surface area contributed by atoms with Crippen LogP contribution in [0.2, 0.25) is 0 Å². The minimum absolute atomic E-state index is 0.112. The van der Waals surface area contributed by atoms with Crippen molar-refractivity contribution in [3.05, 3.63) is 46.9 Å². The Hall–Kier alpha value is -3.46. The molecule has 2 aliphatic heterocycles. The third-order valence-corrected chi connectivity index (χ3v) is 7.86. The molecule has 9 heteroatoms. The molecule has 0 bridgehead atoms. The smallest absolute Gasteiger partial charge is 0.329 e. The summed E-state index contributed by atoms with van der Waals surface area (Å²) in [5.41, 5.74) is 2.73. The number of aromatic nitrogens is 4. The Labute approximate surface area is 221 Å². The van der Waals surface area contributed by atoms with Crippen LogP contribution in [-0.2, 0) is 7.05 Å². The fourth-order valence-electron chi connectivity index (χ4n) is 5.93. The van der Waals surface area contributed by atoms with Gasteiger partial charge in [-0.1, -0.05) is 19.8 Å². The van der Waals surface area contributed by atoms with Gasteiger partial charge < -0.3 is 14.4 Å². The summed E-state index contributed by atoms with van der Waals surface area (Å²) in [6, 6.07) is 4.87. The maximum absolute atomic E-state index is 15.6. The Morgan fingerprint density at radius 2 is 2.00 bits per heavy atom. The molecule has 2 aliphatic rings. The van der Waals surface area contributed by atoms with Crippen LogP contribution in [0.25, 0.3) is 33.1 Å². The number of imidazole rings is 1. The van der Waals surface area contributed by atoms with Crippen molar-refractivity contribution >= 4 is 21.9 Å². The Morgan fingerprint density at radius 1 is 1.16 bits per heavy atom. The van der Waals surface area contributed by atoms with Crippen LogP contribution in [0.1, 0.15) is 51.5 Å². The van der Waals surface area contributed by atoms with Crippen molar-refractivity contribution in [3.63, 3.8) is 0 Å². The topological polar surface area (TPSA) is 74.4 Å². The fraction of sp³-hybridized carbons (Fsp3) is 0.483. The highest BCUT2D eigenvalue weighted by atomic mass is 19.1. The summed E-state index contributed by atoms with van der Waals surface area (Å²) in [5.74, 6) is 0.493. The minimum Gasteiger partial charge on any atom is -0.490 e. The molecule has 0 amide bonds. The molecule has 0 spiro atoms. The quantitative estimate of drug-likeness (QED) is 0.303. The average molecular weight is 520 g/mol. The zero-order valence-electron chi connectivity index (χ0n) is 22.1. The van der Waals surface area contributed by atoms with Crippen LogP contribution in [0.15, 0.2) is 35.4 Å². The highest BCUT2D eigenvalue weighted by molar-refractivity contribution is 6.09. The molecule has 1 aromatic carbocycles. The zero-order chi connectivity index (χ0) is 26.2. The molecule has 5 heterocycles. The minimum atomic E-state index is -0.435. The largest absolute Gasteiger partial charge is 0.490 e. The van der Waals surface area contributed by atoms with Crippen molar-refractivity contribution in [1.82, 2.24) is 24.0 Å². The van der Waals surface area contributed by atoms with Crippen LogP contribution in [0.3, 0.4) is 0 Å². The predicted octanol–water partition coefficient (Wildman–Crippen LogP) is 5.08. The Bertz CT molecular complexity index is 1520. The van der Waals surface area contributed by atoms with Gasteiger partial charge in [-0.25, -0.2) is 14.2 Å². The summed E-state index contributed by atoms with van der Waals surface area (Å²) in [4.78, 5) is 24.7. The lowest BCUT2D eigenvalue weighted by Gasteiger charge is -2.26. The van der Waals surface area contributed by atoms with Gasteiger partial charge in [0.1, 0.15) is 18.2 Å². The number of nitrogens with zero attached hydrogens (tertiary/aromatic N) is 5. The molecule has 1 saturated heterocycles. The number of benzene rings is 1. The molecular weight excluding hydrogens is 485 g/mol. The number of rotatable bonds is 8. The SMILES string of the molecule is CCCC1COc2c(-c3ccc(OCCCN4CCCCC4)nc3)c(F)cc3ncc4c(c23)n1c(=O)n4C. The number of ether oxygens (including phenoxy) is 2. The van der Waals surface area contributed by atoms with Crippen LogP contribution >= 0.6 is 0 Å². The van der Waals surface area contributed by atoms with E-state index >= 15 is 4.39 Å². The van der Waals surface area contributed by atoms with Crippen LogP contribution in [-0.4, -0.2) is 56.9 Å². The van der Waals surface area contributed by atoms with Gasteiger partial charge in [0.05, 0.1) is 46.3 Å². The van der Waals surface area contributed by atoms with Crippen molar-refractivity contribution in [2.45, 2.75) is 51.5 Å². The summed E-state index contributed by atoms with van der Waals surface area (Å²) in [6.07, 6.45) is 9.79. The van der Waals surface area contributed by atoms with E-state index in [1.165, 1.54) is 38.4 Å². The van der Waals surface area contributed by atoms with Crippen molar-refractivity contribution < 1.29 is 13.9 Å². The number of hydrogen-bond donors (Lipinski definition) is 0. The molecule has 0 radical (unpaired) electrons. The first-order valence-corrected chi connectivity index (χ1v) is 13.7. The highest BCUT2D eigenvalue weighted by Crippen LogP contribution is 2.44. The Morgan fingerprint density at radius 3 is 2.76 bits per heavy atom. The molecule has 200 valence electrons. The van der Waals surface area contributed by atoms with Crippen molar-refractivity contribution in [3.8, 4) is 22.8 Å². The van der Waals surface area contributed by atoms with Gasteiger partial charge in [0.15, 0.2) is 0 Å². The summed E-state index contributed by atoms with van der Waals surface area (Å²) in [6.45, 7) is 6.34. The summed E-state index contributed by atoms with van der Waals surface area (Å²) < 4.78 is 31.2. The van der Waals surface area contributed by atoms with E-state index in [1.54, 1.807) is 34.6 Å². The molecule has 0 saturated carbocycles. The van der Waals surface area contributed by atoms with Gasteiger partial charge in [0.25, 0.3) is 0 Å². The molecule has 1 fully saturated rings. The van der Waals surface area contributed by atoms with Crippen molar-refractivity contribution in [2.24, 2.45) is 7.05 Å². The van der Waals surface area contributed by atoms with Gasteiger partial charge in [-0.15, -0.1) is 0 Å². The lowest BCUT2D eigenvalue weighted by Crippen LogP contribution is -2.31. The standard InChI is InChI=1S/C29H34FN5O3/c1-3-8-20-18-38-28-25(19-9-10-24(32-16-19)37-14-7-13-34-11-5-4-6-12-34)21(30)15-22-26(28)27-23(17-31-22)33(2)29(36)35(20)27/h9-10,15-17,20H,3-8,11-14,18H2,1-2H3. The van der Waals surface area contributed by atoms with E-state index in [2.05, 4.69) is 21.8 Å². The first-order valence-electron chi connectivity index (χ1n) is 13.7. The van der Waals surface area contributed by atoms with Gasteiger partial charge in [-0.05, 0) is 44.8 Å². The summed E-state index contributed by atoms with van der Waals surface area (Å²) >= 11 is 0. The van der Waals surface area contributed by atoms with E-state index < -0.39 is 5.82 Å². The zero-order valence-corrected chi connectivity index (χ0v) is 22.1. The van der Waals surface area contributed by atoms with E-state index in [0.29, 0.717) is 45.8 Å². The second kappa shape index (κ2) is 10.4. The van der Waals surface area contributed by atoms with Gasteiger partial charge >= 0.3 is 5.69 Å². The molecule has 6 rings (SSSR count). The third kappa shape index (κ3) is 4.32. The Kier molecular flexibility index (Phi) is 6.78. The maximum atomic E-state index is 15.6. The van der Waals surface area contributed by atoms with E-state index in [0.717, 1.165) is 31.3 Å². The molecule has 8 nitrogen and oxygen atoms in total. The van der Waals surface area contributed by atoms with Crippen molar-refractivity contribution in [1.29, 1.82) is 0 Å². The number of piperidine rings is 1. The molecule has 0 N–H and O–H groups in total. The van der Waals surface area contributed by atoms with Gasteiger partial charge in [-0.2, -0.15) is 0 Å². The number of aryl methyl sites for hydroxylation is 1. The van der Waals surface area contributed by atoms with E-state index in [4.69, 9.17) is 9.47 Å². The van der Waals surface area contributed by atoms with Gasteiger partial charge in [0, 0.05) is 37.5 Å². The fourth-order valence-corrected chi connectivity index (χ4v) is 5.93. The lowest BCUT2D eigenvalue weighted by molar-refractivity contribution is 0.203. The first-order chi connectivity index (χ1) is 18.6. The van der Waals surface area contributed by atoms with E-state index in [-0.39, 0.29) is 18.3 Å². The average Bonchev–Trinajstić information content (AvgIpc) is 3.07. The monoisotopic (exact) mass is 519 g/mol. The van der Waals surface area contributed by atoms with E-state index in [9.17, 15) is 4.79 Å². The number of likely N-dealkylation sites (tertiary alicyclic amines) is 1. The molecule has 1 unspecified atom stereocenters. The molecule has 1 atom stereocenters. The number of hydrogen-bond acceptors (Lipinski definition) is 6. The predicted molar refractivity (Wildman–Crippen MR) is 146 cm³/mol. The first kappa shape index (κ1) is 24.9. The third-order valence-electron chi connectivity index (χ3n) is 7.86. The number of pyridine rings is 2. The van der Waals surface area contributed by atoms with Crippen LogP contribution in [0.4, 0.5) is 4.39 Å². The normalized spacial score (nSPS) is 17.7. The second-order valence-electron chi connectivity index (χ2n) is 10.4. The van der Waals surface area contributed by atoms with Crippen molar-refractivity contribution in [2.75, 3.05) is 32.8 Å². The molecular formula is C29H34FN5O3.